The topological polar surface area (TPSA) is 31.6 Å². The van der Waals surface area contributed by atoms with Gasteiger partial charge >= 0.3 is 0 Å². The SMILES string of the molecule is CC(C)c1c(OCc2ccccc2)cc(C=Cc2ccoc2)cc1OCc1ccccc1. The summed E-state index contributed by atoms with van der Waals surface area (Å²) < 4.78 is 17.8. The first-order valence-corrected chi connectivity index (χ1v) is 10.9. The minimum absolute atomic E-state index is 0.249. The van der Waals surface area contributed by atoms with Crippen LogP contribution in [0.2, 0.25) is 0 Å². The number of rotatable bonds is 9. The number of hydrogen-bond donors (Lipinski definition) is 0. The molecule has 4 rings (SSSR count). The van der Waals surface area contributed by atoms with Crippen LogP contribution in [0.4, 0.5) is 0 Å². The molecule has 3 aromatic carbocycles. The van der Waals surface area contributed by atoms with E-state index in [0.29, 0.717) is 13.2 Å². The van der Waals surface area contributed by atoms with Crippen LogP contribution in [0, 0.1) is 0 Å². The zero-order valence-electron chi connectivity index (χ0n) is 18.5. The molecule has 32 heavy (non-hydrogen) atoms. The first-order chi connectivity index (χ1) is 15.7. The fourth-order valence-corrected chi connectivity index (χ4v) is 3.56. The van der Waals surface area contributed by atoms with Crippen LogP contribution in [0.3, 0.4) is 0 Å². The van der Waals surface area contributed by atoms with Crippen molar-refractivity contribution in [2.45, 2.75) is 33.0 Å². The molecule has 0 aliphatic rings. The molecule has 0 unspecified atom stereocenters. The Morgan fingerprint density at radius 2 is 1.25 bits per heavy atom. The molecular formula is C29H28O3. The highest BCUT2D eigenvalue weighted by Crippen LogP contribution is 2.38. The van der Waals surface area contributed by atoms with Gasteiger partial charge in [-0.15, -0.1) is 0 Å². The van der Waals surface area contributed by atoms with Crippen LogP contribution in [0.25, 0.3) is 12.2 Å². The monoisotopic (exact) mass is 424 g/mol. The van der Waals surface area contributed by atoms with Gasteiger partial charge in [-0.05, 0) is 40.8 Å². The lowest BCUT2D eigenvalue weighted by atomic mass is 9.98. The Morgan fingerprint density at radius 3 is 1.72 bits per heavy atom. The highest BCUT2D eigenvalue weighted by Gasteiger charge is 2.17. The number of benzene rings is 3. The van der Waals surface area contributed by atoms with Crippen LogP contribution in [-0.2, 0) is 13.2 Å². The summed E-state index contributed by atoms with van der Waals surface area (Å²) in [4.78, 5) is 0. The van der Waals surface area contributed by atoms with E-state index in [1.165, 1.54) is 0 Å². The molecule has 0 saturated carbocycles. The number of furan rings is 1. The van der Waals surface area contributed by atoms with Gasteiger partial charge in [0.05, 0.1) is 12.5 Å². The van der Waals surface area contributed by atoms with Crippen molar-refractivity contribution in [1.82, 2.24) is 0 Å². The fraction of sp³-hybridized carbons (Fsp3) is 0.172. The maximum absolute atomic E-state index is 6.32. The van der Waals surface area contributed by atoms with Crippen LogP contribution in [0.5, 0.6) is 11.5 Å². The van der Waals surface area contributed by atoms with Crippen molar-refractivity contribution in [2.24, 2.45) is 0 Å². The molecule has 0 spiro atoms. The van der Waals surface area contributed by atoms with Gasteiger partial charge in [-0.2, -0.15) is 0 Å². The van der Waals surface area contributed by atoms with Crippen LogP contribution in [0.1, 0.15) is 47.6 Å². The van der Waals surface area contributed by atoms with Crippen molar-refractivity contribution in [3.63, 3.8) is 0 Å². The molecule has 1 heterocycles. The van der Waals surface area contributed by atoms with Crippen LogP contribution in [0.15, 0.2) is 95.8 Å². The third kappa shape index (κ3) is 5.70. The van der Waals surface area contributed by atoms with E-state index in [2.05, 4.69) is 56.3 Å². The van der Waals surface area contributed by atoms with Gasteiger partial charge in [0.15, 0.2) is 0 Å². The normalized spacial score (nSPS) is 11.2. The first-order valence-electron chi connectivity index (χ1n) is 10.9. The van der Waals surface area contributed by atoms with Gasteiger partial charge in [0.2, 0.25) is 0 Å². The lowest BCUT2D eigenvalue weighted by Crippen LogP contribution is -2.05. The van der Waals surface area contributed by atoms with Crippen molar-refractivity contribution < 1.29 is 13.9 Å². The summed E-state index contributed by atoms with van der Waals surface area (Å²) in [6.45, 7) is 5.35. The van der Waals surface area contributed by atoms with E-state index in [4.69, 9.17) is 13.9 Å². The second-order valence-electron chi connectivity index (χ2n) is 8.02. The lowest BCUT2D eigenvalue weighted by Gasteiger charge is -2.20. The van der Waals surface area contributed by atoms with Crippen molar-refractivity contribution in [2.75, 3.05) is 0 Å². The smallest absolute Gasteiger partial charge is 0.127 e. The van der Waals surface area contributed by atoms with Crippen LogP contribution in [-0.4, -0.2) is 0 Å². The Labute approximate surface area is 189 Å². The minimum atomic E-state index is 0.249. The van der Waals surface area contributed by atoms with Gasteiger partial charge in [0, 0.05) is 11.1 Å². The van der Waals surface area contributed by atoms with Crippen LogP contribution < -0.4 is 9.47 Å². The van der Waals surface area contributed by atoms with Gasteiger partial charge in [-0.3, -0.25) is 0 Å². The number of hydrogen-bond acceptors (Lipinski definition) is 3. The summed E-state index contributed by atoms with van der Waals surface area (Å²) in [5, 5.41) is 0. The van der Waals surface area contributed by atoms with Crippen molar-refractivity contribution in [3.05, 3.63) is 119 Å². The average Bonchev–Trinajstić information content (AvgIpc) is 3.35. The molecular weight excluding hydrogens is 396 g/mol. The van der Waals surface area contributed by atoms with E-state index in [1.807, 2.05) is 48.5 Å². The predicted octanol–water partition coefficient (Wildman–Crippen LogP) is 7.73. The second kappa shape index (κ2) is 10.5. The largest absolute Gasteiger partial charge is 0.488 e. The number of ether oxygens (including phenoxy) is 2. The maximum Gasteiger partial charge on any atom is 0.127 e. The third-order valence-corrected chi connectivity index (χ3v) is 5.19. The molecule has 3 heteroatoms. The Morgan fingerprint density at radius 1 is 0.719 bits per heavy atom. The van der Waals surface area contributed by atoms with Crippen LogP contribution >= 0.6 is 0 Å². The standard InChI is InChI=1S/C29H28O3/c1-22(2)29-27(31-20-23-9-5-3-6-10-23)17-26(14-13-25-15-16-30-19-25)18-28(29)32-21-24-11-7-4-8-12-24/h3-19,22H,20-21H2,1-2H3. The van der Waals surface area contributed by atoms with E-state index < -0.39 is 0 Å². The molecule has 1 aromatic heterocycles. The zero-order valence-corrected chi connectivity index (χ0v) is 18.5. The van der Waals surface area contributed by atoms with Gasteiger partial charge in [-0.25, -0.2) is 0 Å². The molecule has 0 aliphatic carbocycles. The Bertz CT molecular complexity index is 1060. The Kier molecular flexibility index (Phi) is 7.08. The summed E-state index contributed by atoms with van der Waals surface area (Å²) in [7, 11) is 0. The molecule has 0 amide bonds. The van der Waals surface area contributed by atoms with Crippen molar-refractivity contribution >= 4 is 12.2 Å². The summed E-state index contributed by atoms with van der Waals surface area (Å²) in [5.74, 6) is 1.95. The molecule has 162 valence electrons. The summed E-state index contributed by atoms with van der Waals surface area (Å²) >= 11 is 0. The molecule has 0 fully saturated rings. The highest BCUT2D eigenvalue weighted by molar-refractivity contribution is 5.71. The summed E-state index contributed by atoms with van der Waals surface area (Å²) in [5.41, 5.74) is 5.37. The van der Waals surface area contributed by atoms with Gasteiger partial charge in [0.1, 0.15) is 24.7 Å². The molecule has 0 bridgehead atoms. The van der Waals surface area contributed by atoms with Crippen molar-refractivity contribution in [3.8, 4) is 11.5 Å². The molecule has 3 nitrogen and oxygen atoms in total. The summed E-state index contributed by atoms with van der Waals surface area (Å²) in [6.07, 6.45) is 7.47. The van der Waals surface area contributed by atoms with Gasteiger partial charge in [-0.1, -0.05) is 86.7 Å². The summed E-state index contributed by atoms with van der Waals surface area (Å²) in [6, 6.07) is 26.5. The Balaban J connectivity index is 1.66. The molecule has 0 radical (unpaired) electrons. The molecule has 4 aromatic rings. The molecule has 0 N–H and O–H groups in total. The van der Waals surface area contributed by atoms with E-state index in [0.717, 1.165) is 39.3 Å². The van der Waals surface area contributed by atoms with Gasteiger partial charge in [0.25, 0.3) is 0 Å². The quantitative estimate of drug-likeness (QED) is 0.275. The first kappa shape index (κ1) is 21.5. The third-order valence-electron chi connectivity index (χ3n) is 5.19. The van der Waals surface area contributed by atoms with E-state index in [9.17, 15) is 0 Å². The average molecular weight is 425 g/mol. The minimum Gasteiger partial charge on any atom is -0.488 e. The zero-order chi connectivity index (χ0) is 22.2. The molecule has 0 saturated heterocycles. The van der Waals surface area contributed by atoms with E-state index in [-0.39, 0.29) is 5.92 Å². The van der Waals surface area contributed by atoms with Crippen molar-refractivity contribution in [1.29, 1.82) is 0 Å². The van der Waals surface area contributed by atoms with E-state index in [1.54, 1.807) is 12.5 Å². The second-order valence-corrected chi connectivity index (χ2v) is 8.02. The molecule has 0 atom stereocenters. The Hall–Kier alpha value is -3.72. The maximum atomic E-state index is 6.32. The predicted molar refractivity (Wildman–Crippen MR) is 130 cm³/mol. The molecule has 0 aliphatic heterocycles. The van der Waals surface area contributed by atoms with E-state index >= 15 is 0 Å². The van der Waals surface area contributed by atoms with Gasteiger partial charge < -0.3 is 13.9 Å². The fourth-order valence-electron chi connectivity index (χ4n) is 3.56. The lowest BCUT2D eigenvalue weighted by molar-refractivity contribution is 0.282. The highest BCUT2D eigenvalue weighted by atomic mass is 16.5.